The fraction of sp³-hybridized carbons (Fsp3) is 0.304. The molecule has 2 aromatic carbocycles. The second kappa shape index (κ2) is 8.90. The fourth-order valence-electron chi connectivity index (χ4n) is 3.75. The Morgan fingerprint density at radius 2 is 1.90 bits per heavy atom. The maximum absolute atomic E-state index is 12.5. The third kappa shape index (κ3) is 4.66. The summed E-state index contributed by atoms with van der Waals surface area (Å²) in [7, 11) is 0. The molecule has 0 spiro atoms. The molecule has 1 saturated heterocycles. The van der Waals surface area contributed by atoms with Gasteiger partial charge in [-0.2, -0.15) is 0 Å². The van der Waals surface area contributed by atoms with E-state index in [2.05, 4.69) is 5.32 Å². The number of amides is 1. The fourth-order valence-corrected chi connectivity index (χ4v) is 3.94. The zero-order valence-corrected chi connectivity index (χ0v) is 17.1. The normalized spacial score (nSPS) is 15.6. The molecule has 1 fully saturated rings. The van der Waals surface area contributed by atoms with E-state index in [0.29, 0.717) is 36.1 Å². The average molecular weight is 428 g/mol. The van der Waals surface area contributed by atoms with Crippen LogP contribution in [0.2, 0.25) is 5.02 Å². The molecule has 1 N–H and O–H groups in total. The summed E-state index contributed by atoms with van der Waals surface area (Å²) in [6.07, 6.45) is 1.61. The quantitative estimate of drug-likeness (QED) is 0.607. The molecule has 156 valence electrons. The summed E-state index contributed by atoms with van der Waals surface area (Å²) in [5.74, 6) is 0.236. The number of fused-ring (bicyclic) bond motifs is 1. The van der Waals surface area contributed by atoms with E-state index in [1.54, 1.807) is 24.3 Å². The monoisotopic (exact) mass is 427 g/mol. The Kier molecular flexibility index (Phi) is 6.06. The maximum Gasteiger partial charge on any atom is 0.336 e. The molecule has 0 radical (unpaired) electrons. The minimum absolute atomic E-state index is 0.134. The molecule has 1 aromatic heterocycles. The summed E-state index contributed by atoms with van der Waals surface area (Å²) >= 11 is 6.19. The molecule has 0 bridgehead atoms. The smallest absolute Gasteiger partial charge is 0.336 e. The topological polar surface area (TPSA) is 77.8 Å². The number of ether oxygens (including phenoxy) is 2. The minimum Gasteiger partial charge on any atom is -0.484 e. The van der Waals surface area contributed by atoms with Crippen LogP contribution in [0.25, 0.3) is 11.0 Å². The first-order valence-corrected chi connectivity index (χ1v) is 10.2. The van der Waals surface area contributed by atoms with Gasteiger partial charge in [-0.05, 0) is 48.7 Å². The number of halogens is 1. The van der Waals surface area contributed by atoms with Gasteiger partial charge in [0.05, 0.1) is 0 Å². The van der Waals surface area contributed by atoms with Crippen molar-refractivity contribution in [1.82, 2.24) is 5.32 Å². The summed E-state index contributed by atoms with van der Waals surface area (Å²) in [5.41, 5.74) is 0.873. The Hall–Kier alpha value is -2.83. The number of carbonyl (C=O) groups excluding carboxylic acids is 1. The first-order valence-electron chi connectivity index (χ1n) is 9.81. The van der Waals surface area contributed by atoms with Gasteiger partial charge in [0.1, 0.15) is 11.3 Å². The summed E-state index contributed by atoms with van der Waals surface area (Å²) in [4.78, 5) is 23.8. The Balaban J connectivity index is 1.40. The van der Waals surface area contributed by atoms with Gasteiger partial charge in [0.2, 0.25) is 0 Å². The van der Waals surface area contributed by atoms with E-state index in [4.69, 9.17) is 25.5 Å². The Bertz CT molecular complexity index is 1100. The Labute approximate surface area is 178 Å². The highest BCUT2D eigenvalue weighted by molar-refractivity contribution is 6.30. The van der Waals surface area contributed by atoms with Crippen LogP contribution in [0.4, 0.5) is 0 Å². The number of nitrogens with one attached hydrogen (secondary N) is 1. The third-order valence-corrected chi connectivity index (χ3v) is 5.71. The van der Waals surface area contributed by atoms with Gasteiger partial charge in [-0.15, -0.1) is 0 Å². The zero-order chi connectivity index (χ0) is 21.0. The number of rotatable bonds is 6. The molecule has 1 aliphatic rings. The van der Waals surface area contributed by atoms with Crippen molar-refractivity contribution in [2.45, 2.75) is 18.3 Å². The number of hydrogen-bond donors (Lipinski definition) is 1. The number of carbonyl (C=O) groups is 1. The molecule has 30 heavy (non-hydrogen) atoms. The minimum atomic E-state index is -0.430. The number of hydrogen-bond acceptors (Lipinski definition) is 5. The highest BCUT2D eigenvalue weighted by Crippen LogP contribution is 2.35. The van der Waals surface area contributed by atoms with Gasteiger partial charge in [0, 0.05) is 47.7 Å². The molecule has 1 aliphatic heterocycles. The molecular weight excluding hydrogens is 406 g/mol. The lowest BCUT2D eigenvalue weighted by Gasteiger charge is -2.38. The van der Waals surface area contributed by atoms with Crippen molar-refractivity contribution in [3.63, 3.8) is 0 Å². The van der Waals surface area contributed by atoms with Crippen LogP contribution < -0.4 is 15.7 Å². The van der Waals surface area contributed by atoms with Gasteiger partial charge in [-0.25, -0.2) is 4.79 Å². The van der Waals surface area contributed by atoms with Gasteiger partial charge in [0.25, 0.3) is 5.91 Å². The van der Waals surface area contributed by atoms with Crippen LogP contribution in [0.5, 0.6) is 5.75 Å². The van der Waals surface area contributed by atoms with Crippen LogP contribution in [-0.2, 0) is 14.9 Å². The van der Waals surface area contributed by atoms with Gasteiger partial charge in [0.15, 0.2) is 6.61 Å². The average Bonchev–Trinajstić information content (AvgIpc) is 2.76. The van der Waals surface area contributed by atoms with Gasteiger partial charge in [-0.1, -0.05) is 23.7 Å². The van der Waals surface area contributed by atoms with E-state index in [1.165, 1.54) is 6.07 Å². The molecule has 3 aromatic rings. The van der Waals surface area contributed by atoms with E-state index < -0.39 is 5.63 Å². The molecule has 0 atom stereocenters. The van der Waals surface area contributed by atoms with Crippen molar-refractivity contribution in [1.29, 1.82) is 0 Å². The van der Waals surface area contributed by atoms with Crippen molar-refractivity contribution in [3.05, 3.63) is 75.6 Å². The maximum atomic E-state index is 12.5. The molecule has 6 nitrogen and oxygen atoms in total. The largest absolute Gasteiger partial charge is 0.484 e. The SMILES string of the molecule is O=C(COc1ccc2ccc(=O)oc2c1)NCC1(c2cccc(Cl)c2)CCOCC1. The molecule has 0 aliphatic carbocycles. The highest BCUT2D eigenvalue weighted by Gasteiger charge is 2.35. The van der Waals surface area contributed by atoms with E-state index in [9.17, 15) is 9.59 Å². The molecule has 1 amide bonds. The van der Waals surface area contributed by atoms with E-state index in [-0.39, 0.29) is 17.9 Å². The molecule has 0 saturated carbocycles. The third-order valence-electron chi connectivity index (χ3n) is 5.48. The second-order valence-corrected chi connectivity index (χ2v) is 7.86. The van der Waals surface area contributed by atoms with E-state index in [0.717, 1.165) is 23.8 Å². The van der Waals surface area contributed by atoms with Gasteiger partial charge < -0.3 is 19.2 Å². The molecule has 2 heterocycles. The molecule has 0 unspecified atom stereocenters. The molecule has 7 heteroatoms. The van der Waals surface area contributed by atoms with Crippen LogP contribution in [0.15, 0.2) is 63.8 Å². The highest BCUT2D eigenvalue weighted by atomic mass is 35.5. The first-order chi connectivity index (χ1) is 14.5. The van der Waals surface area contributed by atoms with Crippen molar-refractivity contribution >= 4 is 28.5 Å². The van der Waals surface area contributed by atoms with Crippen LogP contribution in [-0.4, -0.2) is 32.3 Å². The lowest BCUT2D eigenvalue weighted by atomic mass is 9.74. The van der Waals surface area contributed by atoms with Crippen LogP contribution in [0.1, 0.15) is 18.4 Å². The Morgan fingerprint density at radius 1 is 1.10 bits per heavy atom. The van der Waals surface area contributed by atoms with Crippen molar-refractivity contribution in [3.8, 4) is 5.75 Å². The van der Waals surface area contributed by atoms with E-state index in [1.807, 2.05) is 24.3 Å². The standard InChI is InChI=1S/C23H22ClNO5/c24-18-3-1-2-17(12-18)23(8-10-28-11-9-23)15-25-21(26)14-29-19-6-4-16-5-7-22(27)30-20(16)13-19/h1-7,12-13H,8-11,14-15H2,(H,25,26). The lowest BCUT2D eigenvalue weighted by Crippen LogP contribution is -2.45. The Morgan fingerprint density at radius 3 is 2.70 bits per heavy atom. The zero-order valence-electron chi connectivity index (χ0n) is 16.4. The lowest BCUT2D eigenvalue weighted by molar-refractivity contribution is -0.123. The summed E-state index contributed by atoms with van der Waals surface area (Å²) in [6.45, 7) is 1.62. The summed E-state index contributed by atoms with van der Waals surface area (Å²) in [6, 6.07) is 15.9. The first kappa shape index (κ1) is 20.4. The van der Waals surface area contributed by atoms with Crippen LogP contribution in [0, 0.1) is 0 Å². The van der Waals surface area contributed by atoms with E-state index >= 15 is 0 Å². The number of benzene rings is 2. The van der Waals surface area contributed by atoms with Crippen molar-refractivity contribution < 1.29 is 18.7 Å². The summed E-state index contributed by atoms with van der Waals surface area (Å²) < 4.78 is 16.3. The van der Waals surface area contributed by atoms with Crippen molar-refractivity contribution in [2.75, 3.05) is 26.4 Å². The van der Waals surface area contributed by atoms with Crippen molar-refractivity contribution in [2.24, 2.45) is 0 Å². The molecule has 4 rings (SSSR count). The van der Waals surface area contributed by atoms with Crippen LogP contribution >= 0.6 is 11.6 Å². The summed E-state index contributed by atoms with van der Waals surface area (Å²) in [5, 5.41) is 4.45. The van der Waals surface area contributed by atoms with Crippen LogP contribution in [0.3, 0.4) is 0 Å². The molecular formula is C23H22ClNO5. The second-order valence-electron chi connectivity index (χ2n) is 7.42. The predicted octanol–water partition coefficient (Wildman–Crippen LogP) is 3.69. The van der Waals surface area contributed by atoms with Gasteiger partial charge in [-0.3, -0.25) is 4.79 Å². The predicted molar refractivity (Wildman–Crippen MR) is 114 cm³/mol. The van der Waals surface area contributed by atoms with Gasteiger partial charge >= 0.3 is 5.63 Å².